The predicted octanol–water partition coefficient (Wildman–Crippen LogP) is 6.22. The maximum absolute atomic E-state index is 11.8. The first-order valence-corrected chi connectivity index (χ1v) is 10.2. The zero-order chi connectivity index (χ0) is 19.9. The van der Waals surface area contributed by atoms with Crippen molar-refractivity contribution in [2.45, 2.75) is 112 Å². The lowest BCUT2D eigenvalue weighted by Crippen LogP contribution is -2.27. The Morgan fingerprint density at radius 2 is 1.56 bits per heavy atom. The quantitative estimate of drug-likeness (QED) is 0.548. The second kappa shape index (κ2) is 15.2. The number of carbonyl (C=O) groups excluding carboxylic acids is 1. The molecule has 0 saturated heterocycles. The van der Waals surface area contributed by atoms with Gasteiger partial charge in [0.1, 0.15) is 5.60 Å². The number of carboxylic acid groups (broad SMARTS) is 1. The summed E-state index contributed by atoms with van der Waals surface area (Å²) in [5.74, 6) is -1.14. The van der Waals surface area contributed by atoms with Crippen LogP contribution in [-0.2, 0) is 14.3 Å². The smallest absolute Gasteiger partial charge is 0.307 e. The number of rotatable bonds is 7. The highest BCUT2D eigenvalue weighted by Crippen LogP contribution is 2.29. The monoisotopic (exact) mass is 358 g/mol. The Balaban J connectivity index is 0. The van der Waals surface area contributed by atoms with Crippen LogP contribution in [0, 0.1) is 11.8 Å². The maximum Gasteiger partial charge on any atom is 0.307 e. The molecule has 150 valence electrons. The fourth-order valence-corrected chi connectivity index (χ4v) is 3.03. The Morgan fingerprint density at radius 3 is 2.00 bits per heavy atom. The van der Waals surface area contributed by atoms with Crippen LogP contribution in [0.2, 0.25) is 0 Å². The molecule has 25 heavy (non-hydrogen) atoms. The molecule has 1 aliphatic carbocycles. The average molecular weight is 359 g/mol. The molecule has 0 unspecified atom stereocenters. The summed E-state index contributed by atoms with van der Waals surface area (Å²) in [5, 5.41) is 9.25. The van der Waals surface area contributed by atoms with E-state index in [0.29, 0.717) is 6.42 Å². The van der Waals surface area contributed by atoms with Gasteiger partial charge in [0.15, 0.2) is 0 Å². The van der Waals surface area contributed by atoms with Gasteiger partial charge in [-0.3, -0.25) is 9.59 Å². The molecule has 1 fully saturated rings. The Labute approximate surface area is 155 Å². The second-order valence-electron chi connectivity index (χ2n) is 7.26. The van der Waals surface area contributed by atoms with E-state index in [1.807, 2.05) is 27.7 Å². The topological polar surface area (TPSA) is 63.6 Å². The van der Waals surface area contributed by atoms with E-state index in [-0.39, 0.29) is 6.42 Å². The van der Waals surface area contributed by atoms with Crippen LogP contribution in [0.3, 0.4) is 0 Å². The standard InChI is InChI=1S/C17H30O4.2C2H6/c1-17(2,3)21-15(18)12-14(16(19)20)11-7-10-13-8-5-4-6-9-13;2*1-2/h13-14H,4-12H2,1-3H3,(H,19,20);2*1-2H3/t14-;;/m1../s1. The van der Waals surface area contributed by atoms with Gasteiger partial charge < -0.3 is 9.84 Å². The Morgan fingerprint density at radius 1 is 1.04 bits per heavy atom. The third-order valence-electron chi connectivity index (χ3n) is 4.07. The van der Waals surface area contributed by atoms with Crippen LogP contribution in [0.4, 0.5) is 0 Å². The van der Waals surface area contributed by atoms with E-state index in [1.54, 1.807) is 20.8 Å². The van der Waals surface area contributed by atoms with Crippen LogP contribution >= 0.6 is 0 Å². The van der Waals surface area contributed by atoms with Crippen LogP contribution in [0.15, 0.2) is 0 Å². The van der Waals surface area contributed by atoms with Crippen molar-refractivity contribution in [2.75, 3.05) is 0 Å². The number of hydrogen-bond donors (Lipinski definition) is 1. The summed E-state index contributed by atoms with van der Waals surface area (Å²) in [7, 11) is 0. The lowest BCUT2D eigenvalue weighted by molar-refractivity contribution is -0.160. The Bertz CT molecular complexity index is 338. The van der Waals surface area contributed by atoms with Gasteiger partial charge in [0.2, 0.25) is 0 Å². The van der Waals surface area contributed by atoms with Gasteiger partial charge in [0.25, 0.3) is 0 Å². The summed E-state index contributed by atoms with van der Waals surface area (Å²) in [6, 6.07) is 0. The first kappa shape index (κ1) is 26.2. The minimum Gasteiger partial charge on any atom is -0.481 e. The van der Waals surface area contributed by atoms with Gasteiger partial charge >= 0.3 is 11.9 Å². The fraction of sp³-hybridized carbons (Fsp3) is 0.905. The van der Waals surface area contributed by atoms with Crippen LogP contribution in [-0.4, -0.2) is 22.6 Å². The summed E-state index contributed by atoms with van der Waals surface area (Å²) >= 11 is 0. The molecule has 4 heteroatoms. The molecule has 1 saturated carbocycles. The number of carboxylic acids is 1. The SMILES string of the molecule is CC.CC.CC(C)(C)OC(=O)C[C@@H](CCCC1CCCCC1)C(=O)O. The van der Waals surface area contributed by atoms with Crippen molar-refractivity contribution in [3.8, 4) is 0 Å². The Kier molecular flexibility index (Phi) is 15.9. The molecule has 0 spiro atoms. The van der Waals surface area contributed by atoms with Crippen LogP contribution in [0.1, 0.15) is 106 Å². The van der Waals surface area contributed by atoms with Crippen LogP contribution in [0.25, 0.3) is 0 Å². The molecular weight excluding hydrogens is 316 g/mol. The minimum absolute atomic E-state index is 0.0166. The van der Waals surface area contributed by atoms with E-state index < -0.39 is 23.5 Å². The molecule has 1 atom stereocenters. The number of hydrogen-bond acceptors (Lipinski definition) is 3. The van der Waals surface area contributed by atoms with E-state index in [4.69, 9.17) is 4.74 Å². The molecule has 0 aromatic rings. The molecule has 1 aliphatic rings. The summed E-state index contributed by atoms with van der Waals surface area (Å²) in [6.07, 6.45) is 9.07. The molecule has 0 radical (unpaired) electrons. The number of ether oxygens (including phenoxy) is 1. The van der Waals surface area contributed by atoms with Crippen molar-refractivity contribution in [1.29, 1.82) is 0 Å². The molecule has 0 bridgehead atoms. The van der Waals surface area contributed by atoms with Crippen LogP contribution < -0.4 is 0 Å². The number of esters is 1. The lowest BCUT2D eigenvalue weighted by Gasteiger charge is -2.23. The van der Waals surface area contributed by atoms with Gasteiger partial charge in [0, 0.05) is 0 Å². The first-order valence-electron chi connectivity index (χ1n) is 10.2. The van der Waals surface area contributed by atoms with Gasteiger partial charge in [-0.05, 0) is 33.1 Å². The van der Waals surface area contributed by atoms with Gasteiger partial charge in [-0.1, -0.05) is 72.6 Å². The van der Waals surface area contributed by atoms with Gasteiger partial charge in [0.05, 0.1) is 12.3 Å². The zero-order valence-corrected chi connectivity index (χ0v) is 17.7. The van der Waals surface area contributed by atoms with Gasteiger partial charge in [-0.25, -0.2) is 0 Å². The van der Waals surface area contributed by atoms with Crippen molar-refractivity contribution in [1.82, 2.24) is 0 Å². The molecule has 0 aromatic carbocycles. The Hall–Kier alpha value is -1.06. The van der Waals surface area contributed by atoms with Gasteiger partial charge in [-0.15, -0.1) is 0 Å². The van der Waals surface area contributed by atoms with Crippen LogP contribution in [0.5, 0.6) is 0 Å². The summed E-state index contributed by atoms with van der Waals surface area (Å²) < 4.78 is 5.21. The lowest BCUT2D eigenvalue weighted by atomic mass is 9.84. The molecule has 0 aliphatic heterocycles. The molecule has 4 nitrogen and oxygen atoms in total. The maximum atomic E-state index is 11.8. The van der Waals surface area contributed by atoms with E-state index in [1.165, 1.54) is 32.1 Å². The second-order valence-corrected chi connectivity index (χ2v) is 7.26. The fourth-order valence-electron chi connectivity index (χ4n) is 3.03. The van der Waals surface area contributed by atoms with E-state index >= 15 is 0 Å². The summed E-state index contributed by atoms with van der Waals surface area (Å²) in [5.41, 5.74) is -0.553. The highest BCUT2D eigenvalue weighted by Gasteiger charge is 2.25. The molecular formula is C21H42O4. The third-order valence-corrected chi connectivity index (χ3v) is 4.07. The van der Waals surface area contributed by atoms with Crippen molar-refractivity contribution in [2.24, 2.45) is 11.8 Å². The molecule has 0 aromatic heterocycles. The summed E-state index contributed by atoms with van der Waals surface area (Å²) in [4.78, 5) is 23.0. The average Bonchev–Trinajstić information content (AvgIpc) is 2.57. The number of carbonyl (C=O) groups is 2. The highest BCUT2D eigenvalue weighted by atomic mass is 16.6. The molecule has 1 rings (SSSR count). The van der Waals surface area contributed by atoms with E-state index in [9.17, 15) is 14.7 Å². The first-order chi connectivity index (χ1) is 11.8. The normalized spacial score (nSPS) is 15.8. The van der Waals surface area contributed by atoms with Gasteiger partial charge in [-0.2, -0.15) is 0 Å². The molecule has 0 amide bonds. The minimum atomic E-state index is -0.885. The largest absolute Gasteiger partial charge is 0.481 e. The van der Waals surface area contributed by atoms with Crippen molar-refractivity contribution >= 4 is 11.9 Å². The predicted molar refractivity (Wildman–Crippen MR) is 105 cm³/mol. The third kappa shape index (κ3) is 14.9. The molecule has 1 N–H and O–H groups in total. The highest BCUT2D eigenvalue weighted by molar-refractivity contribution is 5.78. The van der Waals surface area contributed by atoms with Crippen molar-refractivity contribution in [3.63, 3.8) is 0 Å². The van der Waals surface area contributed by atoms with Crippen molar-refractivity contribution in [3.05, 3.63) is 0 Å². The molecule has 0 heterocycles. The van der Waals surface area contributed by atoms with E-state index in [0.717, 1.165) is 18.8 Å². The van der Waals surface area contributed by atoms with E-state index in [2.05, 4.69) is 0 Å². The van der Waals surface area contributed by atoms with Crippen molar-refractivity contribution < 1.29 is 19.4 Å². The summed E-state index contributed by atoms with van der Waals surface area (Å²) in [6.45, 7) is 13.4. The zero-order valence-electron chi connectivity index (χ0n) is 17.7. The number of aliphatic carboxylic acids is 1.